The minimum Gasteiger partial charge on any atom is -0.491 e. The van der Waals surface area contributed by atoms with Crippen LogP contribution in [0.25, 0.3) is 0 Å². The summed E-state index contributed by atoms with van der Waals surface area (Å²) >= 11 is 13.8. The zero-order valence-corrected chi connectivity index (χ0v) is 22.8. The zero-order valence-electron chi connectivity index (χ0n) is 20.5. The molecule has 0 saturated carbocycles. The van der Waals surface area contributed by atoms with Crippen molar-refractivity contribution >= 4 is 52.7 Å². The highest BCUT2D eigenvalue weighted by molar-refractivity contribution is 8.03. The van der Waals surface area contributed by atoms with Gasteiger partial charge in [-0.2, -0.15) is 5.26 Å². The van der Waals surface area contributed by atoms with E-state index >= 15 is 0 Å². The maximum Gasteiger partial charge on any atom is 0.319 e. The maximum absolute atomic E-state index is 13.0. The Bertz CT molecular complexity index is 1040. The second-order valence-corrected chi connectivity index (χ2v) is 10.1. The minimum absolute atomic E-state index is 0.00243. The van der Waals surface area contributed by atoms with Gasteiger partial charge in [-0.3, -0.25) is 14.4 Å². The van der Waals surface area contributed by atoms with Crippen LogP contribution < -0.4 is 10.1 Å². The molecule has 0 aromatic heterocycles. The van der Waals surface area contributed by atoms with E-state index < -0.39 is 23.7 Å². The van der Waals surface area contributed by atoms with Crippen LogP contribution in [0.3, 0.4) is 0 Å². The molecule has 0 spiro atoms. The number of carbonyl (C=O) groups is 3. The first-order valence-electron chi connectivity index (χ1n) is 11.1. The van der Waals surface area contributed by atoms with Crippen LogP contribution in [0.1, 0.15) is 46.1 Å². The standard InChI is InChI=1S/C24H29Cl2N3O5S/c1-7-34-21-16(25)8-14(9-17(21)26)19-15(10-27)23(28-22(31)20(19)24(32)33-6)35-11-18(30)29(12(2)3)13(4)5/h8-9,12-13,19-20H,7,11H2,1-6H3,(H,28,31)/t19-,20+/m1/s1. The summed E-state index contributed by atoms with van der Waals surface area (Å²) in [5.41, 5.74) is 0.482. The molecule has 0 saturated heterocycles. The van der Waals surface area contributed by atoms with Gasteiger partial charge in [-0.25, -0.2) is 0 Å². The monoisotopic (exact) mass is 541 g/mol. The average Bonchev–Trinajstić information content (AvgIpc) is 2.78. The summed E-state index contributed by atoms with van der Waals surface area (Å²) in [5, 5.41) is 13.2. The lowest BCUT2D eigenvalue weighted by Crippen LogP contribution is -2.45. The van der Waals surface area contributed by atoms with Crippen molar-refractivity contribution in [3.8, 4) is 11.8 Å². The van der Waals surface area contributed by atoms with Gasteiger partial charge in [0.05, 0.1) is 46.2 Å². The number of benzene rings is 1. The number of halogens is 2. The van der Waals surface area contributed by atoms with Gasteiger partial charge in [0.2, 0.25) is 11.8 Å². The topological polar surface area (TPSA) is 109 Å². The van der Waals surface area contributed by atoms with Crippen LogP contribution in [-0.4, -0.2) is 54.2 Å². The van der Waals surface area contributed by atoms with E-state index in [2.05, 4.69) is 11.4 Å². The molecule has 0 aliphatic carbocycles. The Hall–Kier alpha value is -2.41. The number of esters is 1. The van der Waals surface area contributed by atoms with Gasteiger partial charge in [0, 0.05) is 18.0 Å². The molecule has 1 aliphatic heterocycles. The molecule has 0 bridgehead atoms. The molecule has 1 aromatic rings. The number of nitriles is 1. The Kier molecular flexibility index (Phi) is 10.3. The first kappa shape index (κ1) is 28.8. The number of hydrogen-bond donors (Lipinski definition) is 1. The van der Waals surface area contributed by atoms with Crippen molar-refractivity contribution < 1.29 is 23.9 Å². The van der Waals surface area contributed by atoms with Crippen LogP contribution in [0.15, 0.2) is 22.7 Å². The number of thioether (sulfide) groups is 1. The van der Waals surface area contributed by atoms with Gasteiger partial charge in [-0.05, 0) is 52.3 Å². The SMILES string of the molecule is CCOc1c(Cl)cc([C@@H]2C(C#N)=C(SCC(=O)N(C(C)C)C(C)C)NC(=O)[C@H]2C(=O)OC)cc1Cl. The van der Waals surface area contributed by atoms with E-state index in [1.807, 2.05) is 27.7 Å². The first-order valence-corrected chi connectivity index (χ1v) is 12.8. The fraction of sp³-hybridized carbons (Fsp3) is 0.500. The summed E-state index contributed by atoms with van der Waals surface area (Å²) in [6.07, 6.45) is 0. The Balaban J connectivity index is 2.56. The number of nitrogens with zero attached hydrogens (tertiary/aromatic N) is 2. The summed E-state index contributed by atoms with van der Waals surface area (Å²) in [6.45, 7) is 9.78. The fourth-order valence-corrected chi connectivity index (χ4v) is 5.63. The Morgan fingerprint density at radius 2 is 1.77 bits per heavy atom. The van der Waals surface area contributed by atoms with Gasteiger partial charge in [-0.15, -0.1) is 0 Å². The van der Waals surface area contributed by atoms with Crippen LogP contribution >= 0.6 is 35.0 Å². The van der Waals surface area contributed by atoms with E-state index in [4.69, 9.17) is 32.7 Å². The number of hydrogen-bond acceptors (Lipinski definition) is 7. The van der Waals surface area contributed by atoms with E-state index in [-0.39, 0.29) is 50.1 Å². The van der Waals surface area contributed by atoms with Gasteiger partial charge >= 0.3 is 5.97 Å². The summed E-state index contributed by atoms with van der Waals surface area (Å²) in [5.74, 6) is -3.71. The normalized spacial score (nSPS) is 17.8. The second-order valence-electron chi connectivity index (χ2n) is 8.35. The number of methoxy groups -OCH3 is 1. The van der Waals surface area contributed by atoms with E-state index in [0.29, 0.717) is 12.2 Å². The number of carbonyl (C=O) groups excluding carboxylic acids is 3. The predicted octanol–water partition coefficient (Wildman–Crippen LogP) is 4.51. The van der Waals surface area contributed by atoms with Crippen LogP contribution in [0, 0.1) is 17.2 Å². The van der Waals surface area contributed by atoms with Crippen molar-refractivity contribution in [3.05, 3.63) is 38.3 Å². The Morgan fingerprint density at radius 1 is 1.20 bits per heavy atom. The molecule has 1 N–H and O–H groups in total. The molecule has 35 heavy (non-hydrogen) atoms. The maximum atomic E-state index is 13.0. The van der Waals surface area contributed by atoms with Gasteiger partial charge in [0.15, 0.2) is 5.75 Å². The molecule has 8 nitrogen and oxygen atoms in total. The van der Waals surface area contributed by atoms with Crippen molar-refractivity contribution in [2.24, 2.45) is 5.92 Å². The van der Waals surface area contributed by atoms with Crippen molar-refractivity contribution in [2.75, 3.05) is 19.5 Å². The smallest absolute Gasteiger partial charge is 0.319 e. The van der Waals surface area contributed by atoms with Gasteiger partial charge < -0.3 is 19.7 Å². The van der Waals surface area contributed by atoms with E-state index in [0.717, 1.165) is 18.9 Å². The molecule has 1 heterocycles. The third-order valence-corrected chi connectivity index (χ3v) is 6.96. The van der Waals surface area contributed by atoms with Crippen molar-refractivity contribution in [1.82, 2.24) is 10.2 Å². The highest BCUT2D eigenvalue weighted by atomic mass is 35.5. The van der Waals surface area contributed by atoms with Crippen molar-refractivity contribution in [1.29, 1.82) is 5.26 Å². The third kappa shape index (κ3) is 6.43. The number of nitrogens with one attached hydrogen (secondary N) is 1. The lowest BCUT2D eigenvalue weighted by Gasteiger charge is -2.33. The summed E-state index contributed by atoms with van der Waals surface area (Å²) in [4.78, 5) is 40.2. The number of amides is 2. The predicted molar refractivity (Wildman–Crippen MR) is 136 cm³/mol. The summed E-state index contributed by atoms with van der Waals surface area (Å²) < 4.78 is 10.3. The Morgan fingerprint density at radius 3 is 2.23 bits per heavy atom. The molecule has 1 aliphatic rings. The molecule has 0 radical (unpaired) electrons. The lowest BCUT2D eigenvalue weighted by atomic mass is 9.78. The lowest BCUT2D eigenvalue weighted by molar-refractivity contribution is -0.150. The number of ether oxygens (including phenoxy) is 2. The quantitative estimate of drug-likeness (QED) is 0.361. The molecule has 1 aromatic carbocycles. The highest BCUT2D eigenvalue weighted by Crippen LogP contribution is 2.44. The van der Waals surface area contributed by atoms with Crippen LogP contribution in [0.5, 0.6) is 5.75 Å². The molecule has 2 amide bonds. The number of rotatable bonds is 9. The molecular weight excluding hydrogens is 513 g/mol. The third-order valence-electron chi connectivity index (χ3n) is 5.39. The van der Waals surface area contributed by atoms with Crippen LogP contribution in [0.2, 0.25) is 10.0 Å². The van der Waals surface area contributed by atoms with E-state index in [1.54, 1.807) is 11.8 Å². The van der Waals surface area contributed by atoms with Gasteiger partial charge in [0.1, 0.15) is 5.92 Å². The second kappa shape index (κ2) is 12.5. The molecule has 2 rings (SSSR count). The molecule has 11 heteroatoms. The van der Waals surface area contributed by atoms with Crippen LogP contribution in [-0.2, 0) is 19.1 Å². The van der Waals surface area contributed by atoms with Crippen molar-refractivity contribution in [2.45, 2.75) is 52.6 Å². The summed E-state index contributed by atoms with van der Waals surface area (Å²) in [7, 11) is 1.16. The van der Waals surface area contributed by atoms with Gasteiger partial charge in [-0.1, -0.05) is 35.0 Å². The summed E-state index contributed by atoms with van der Waals surface area (Å²) in [6, 6.07) is 5.10. The molecule has 0 fully saturated rings. The molecule has 0 unspecified atom stereocenters. The van der Waals surface area contributed by atoms with Gasteiger partial charge in [0.25, 0.3) is 0 Å². The average molecular weight is 542 g/mol. The zero-order chi connectivity index (χ0) is 26.4. The minimum atomic E-state index is -1.34. The molecular formula is C24H29Cl2N3O5S. The number of allylic oxidation sites excluding steroid dienone is 1. The Labute approximate surface area is 219 Å². The molecule has 190 valence electrons. The van der Waals surface area contributed by atoms with E-state index in [1.165, 1.54) is 12.1 Å². The first-order chi connectivity index (χ1) is 16.5. The van der Waals surface area contributed by atoms with Crippen LogP contribution in [0.4, 0.5) is 0 Å². The molecule has 2 atom stereocenters. The largest absolute Gasteiger partial charge is 0.491 e. The van der Waals surface area contributed by atoms with Crippen molar-refractivity contribution in [3.63, 3.8) is 0 Å². The van der Waals surface area contributed by atoms with E-state index in [9.17, 15) is 19.6 Å². The highest BCUT2D eigenvalue weighted by Gasteiger charge is 2.45. The fourth-order valence-electron chi connectivity index (χ4n) is 4.10.